The first-order valence-corrected chi connectivity index (χ1v) is 8.63. The monoisotopic (exact) mass is 421 g/mol. The summed E-state index contributed by atoms with van der Waals surface area (Å²) in [5.74, 6) is -2.60. The van der Waals surface area contributed by atoms with Gasteiger partial charge in [-0.05, 0) is 36.4 Å². The Labute approximate surface area is 168 Å². The number of alkyl halides is 3. The summed E-state index contributed by atoms with van der Waals surface area (Å²) >= 11 is 0. The largest absolute Gasteiger partial charge is 0.490 e. The number of benzene rings is 2. The summed E-state index contributed by atoms with van der Waals surface area (Å²) in [5.41, 5.74) is -1.40. The van der Waals surface area contributed by atoms with Gasteiger partial charge in [-0.15, -0.1) is 0 Å². The molecule has 1 amide bonds. The predicted octanol–water partition coefficient (Wildman–Crippen LogP) is 4.79. The first-order valence-electron chi connectivity index (χ1n) is 8.63. The molecule has 0 saturated carbocycles. The molecule has 156 valence electrons. The smallest absolute Gasteiger partial charge is 0.416 e. The van der Waals surface area contributed by atoms with Gasteiger partial charge in [0.2, 0.25) is 0 Å². The van der Waals surface area contributed by atoms with Crippen LogP contribution in [0.3, 0.4) is 0 Å². The lowest BCUT2D eigenvalue weighted by Crippen LogP contribution is -2.24. The Bertz CT molecular complexity index is 1060. The van der Waals surface area contributed by atoms with E-state index in [1.165, 1.54) is 37.5 Å². The van der Waals surface area contributed by atoms with Crippen molar-refractivity contribution in [3.8, 4) is 17.2 Å². The highest BCUT2D eigenvalue weighted by Crippen LogP contribution is 2.37. The number of carbonyl (C=O) groups is 2. The summed E-state index contributed by atoms with van der Waals surface area (Å²) < 4.78 is 63.8. The highest BCUT2D eigenvalue weighted by Gasteiger charge is 2.32. The van der Waals surface area contributed by atoms with Gasteiger partial charge in [0, 0.05) is 18.2 Å². The van der Waals surface area contributed by atoms with Gasteiger partial charge in [0.25, 0.3) is 5.91 Å². The highest BCUT2D eigenvalue weighted by atomic mass is 19.4. The van der Waals surface area contributed by atoms with E-state index in [1.54, 1.807) is 0 Å². The van der Waals surface area contributed by atoms with Crippen molar-refractivity contribution in [3.63, 3.8) is 0 Å². The second-order valence-corrected chi connectivity index (χ2v) is 6.21. The van der Waals surface area contributed by atoms with E-state index in [2.05, 4.69) is 5.32 Å². The van der Waals surface area contributed by atoms with Crippen LogP contribution in [0, 0.1) is 5.82 Å². The molecule has 0 bridgehead atoms. The van der Waals surface area contributed by atoms with E-state index >= 15 is 0 Å². The molecule has 1 aliphatic rings. The number of ketones is 1. The third-order valence-corrected chi connectivity index (χ3v) is 4.10. The maximum absolute atomic E-state index is 13.9. The van der Waals surface area contributed by atoms with Crippen molar-refractivity contribution < 1.29 is 36.6 Å². The Kier molecular flexibility index (Phi) is 5.91. The Morgan fingerprint density at radius 3 is 2.57 bits per heavy atom. The first kappa shape index (κ1) is 21.1. The second kappa shape index (κ2) is 8.40. The zero-order valence-electron chi connectivity index (χ0n) is 15.5. The highest BCUT2D eigenvalue weighted by molar-refractivity contribution is 6.00. The molecule has 30 heavy (non-hydrogen) atoms. The number of hydrogen-bond acceptors (Lipinski definition) is 4. The lowest BCUT2D eigenvalue weighted by atomic mass is 10.1. The lowest BCUT2D eigenvalue weighted by Gasteiger charge is -2.16. The Balaban J connectivity index is 2.01. The van der Waals surface area contributed by atoms with E-state index in [9.17, 15) is 27.2 Å². The van der Waals surface area contributed by atoms with Gasteiger partial charge in [-0.2, -0.15) is 13.2 Å². The maximum atomic E-state index is 13.9. The molecule has 0 atom stereocenters. The minimum atomic E-state index is -4.70. The molecule has 0 saturated heterocycles. The minimum Gasteiger partial charge on any atom is -0.490 e. The second-order valence-electron chi connectivity index (χ2n) is 6.21. The van der Waals surface area contributed by atoms with Gasteiger partial charge >= 0.3 is 6.18 Å². The van der Waals surface area contributed by atoms with E-state index < -0.39 is 29.0 Å². The molecule has 1 aliphatic carbocycles. The Hall–Kier alpha value is -3.62. The Morgan fingerprint density at radius 2 is 1.90 bits per heavy atom. The van der Waals surface area contributed by atoms with Crippen molar-refractivity contribution in [2.24, 2.45) is 0 Å². The molecule has 0 aliphatic heterocycles. The van der Waals surface area contributed by atoms with E-state index in [0.29, 0.717) is 6.07 Å². The number of amides is 1. The number of nitrogens with one attached hydrogen (secondary N) is 1. The van der Waals surface area contributed by atoms with Crippen LogP contribution in [0.4, 0.5) is 17.6 Å². The van der Waals surface area contributed by atoms with Crippen molar-refractivity contribution in [1.82, 2.24) is 5.32 Å². The normalized spacial score (nSPS) is 13.6. The van der Waals surface area contributed by atoms with E-state index in [1.807, 2.05) is 0 Å². The molecule has 0 aromatic heterocycles. The first-order chi connectivity index (χ1) is 14.2. The number of para-hydroxylation sites is 1. The molecule has 0 spiro atoms. The van der Waals surface area contributed by atoms with Crippen LogP contribution < -0.4 is 14.8 Å². The third-order valence-electron chi connectivity index (χ3n) is 4.10. The summed E-state index contributed by atoms with van der Waals surface area (Å²) in [6.45, 7) is 0. The quantitative estimate of drug-likeness (QED) is 0.706. The average molecular weight is 421 g/mol. The van der Waals surface area contributed by atoms with E-state index in [0.717, 1.165) is 18.2 Å². The molecular formula is C21H15F4NO4. The molecule has 5 nitrogen and oxygen atoms in total. The van der Waals surface area contributed by atoms with Crippen molar-refractivity contribution in [2.45, 2.75) is 12.6 Å². The van der Waals surface area contributed by atoms with Crippen LogP contribution in [0.1, 0.15) is 22.3 Å². The van der Waals surface area contributed by atoms with Gasteiger partial charge in [-0.1, -0.05) is 12.1 Å². The van der Waals surface area contributed by atoms with Gasteiger partial charge < -0.3 is 14.8 Å². The van der Waals surface area contributed by atoms with Crippen LogP contribution in [0.15, 0.2) is 60.3 Å². The number of ether oxygens (including phenoxy) is 2. The number of halogens is 4. The fourth-order valence-corrected chi connectivity index (χ4v) is 2.72. The van der Waals surface area contributed by atoms with Gasteiger partial charge in [0.1, 0.15) is 5.75 Å². The molecule has 9 heteroatoms. The van der Waals surface area contributed by atoms with Crippen LogP contribution in [0.5, 0.6) is 17.2 Å². The van der Waals surface area contributed by atoms with E-state index in [-0.39, 0.29) is 35.1 Å². The van der Waals surface area contributed by atoms with Crippen LogP contribution in [-0.4, -0.2) is 18.8 Å². The summed E-state index contributed by atoms with van der Waals surface area (Å²) in [7, 11) is 1.20. The van der Waals surface area contributed by atoms with Crippen molar-refractivity contribution >= 4 is 11.7 Å². The average Bonchev–Trinajstić information content (AvgIpc) is 2.67. The topological polar surface area (TPSA) is 64.6 Å². The Morgan fingerprint density at radius 1 is 1.13 bits per heavy atom. The van der Waals surface area contributed by atoms with Crippen LogP contribution in [0.2, 0.25) is 0 Å². The third kappa shape index (κ3) is 4.68. The number of allylic oxidation sites excluding steroid dienone is 3. The summed E-state index contributed by atoms with van der Waals surface area (Å²) in [5, 5.41) is 2.37. The number of carbonyl (C=O) groups excluding carboxylic acids is 2. The van der Waals surface area contributed by atoms with Crippen LogP contribution in [0.25, 0.3) is 0 Å². The maximum Gasteiger partial charge on any atom is 0.416 e. The molecule has 2 aromatic rings. The number of methoxy groups -OCH3 is 1. The molecule has 0 heterocycles. The molecular weight excluding hydrogens is 406 g/mol. The summed E-state index contributed by atoms with van der Waals surface area (Å²) in [4.78, 5) is 24.2. The summed E-state index contributed by atoms with van der Waals surface area (Å²) in [6, 6.07) is 6.09. The molecule has 0 unspecified atom stereocenters. The molecule has 1 N–H and O–H groups in total. The zero-order valence-corrected chi connectivity index (χ0v) is 15.5. The van der Waals surface area contributed by atoms with Crippen LogP contribution in [-0.2, 0) is 11.0 Å². The SMILES string of the molecule is COc1c(F)cccc1Oc1ccc(C(F)(F)F)cc1C(=O)NC1=CC(=O)CC=C1. The van der Waals surface area contributed by atoms with Crippen molar-refractivity contribution in [2.75, 3.05) is 7.11 Å². The number of rotatable bonds is 5. The number of hydrogen-bond donors (Lipinski definition) is 1. The van der Waals surface area contributed by atoms with Crippen LogP contribution >= 0.6 is 0 Å². The van der Waals surface area contributed by atoms with Gasteiger partial charge in [-0.3, -0.25) is 9.59 Å². The molecule has 0 radical (unpaired) electrons. The molecule has 2 aromatic carbocycles. The lowest BCUT2D eigenvalue weighted by molar-refractivity contribution is -0.137. The zero-order chi connectivity index (χ0) is 21.9. The van der Waals surface area contributed by atoms with E-state index in [4.69, 9.17) is 9.47 Å². The molecule has 3 rings (SSSR count). The van der Waals surface area contributed by atoms with Gasteiger partial charge in [-0.25, -0.2) is 4.39 Å². The minimum absolute atomic E-state index is 0.127. The van der Waals surface area contributed by atoms with Crippen molar-refractivity contribution in [3.05, 3.63) is 77.3 Å². The van der Waals surface area contributed by atoms with Crippen molar-refractivity contribution in [1.29, 1.82) is 0 Å². The molecule has 0 fully saturated rings. The van der Waals surface area contributed by atoms with Gasteiger partial charge in [0.05, 0.1) is 18.2 Å². The predicted molar refractivity (Wildman–Crippen MR) is 98.8 cm³/mol. The van der Waals surface area contributed by atoms with Gasteiger partial charge in [0.15, 0.2) is 23.1 Å². The summed E-state index contributed by atoms with van der Waals surface area (Å²) in [6.07, 6.45) is -0.398. The fourth-order valence-electron chi connectivity index (χ4n) is 2.72. The fraction of sp³-hybridized carbons (Fsp3) is 0.143. The standard InChI is InChI=1S/C21H15F4NO4/c1-29-19-16(22)6-3-7-18(19)30-17-9-8-12(21(23,24)25)10-15(17)20(28)26-13-4-2-5-14(27)11-13/h2-4,6-11H,5H2,1H3,(H,26,28).